The SMILES string of the molecule is CC(=O)O[C@@H]1CC[C@]2(C)C3CC[C@]4(/C=C/CCO)C(C)CCC4C3CC[C@H]2C1. The first-order valence-corrected chi connectivity index (χ1v) is 11.9. The quantitative estimate of drug-likeness (QED) is 0.510. The van der Waals surface area contributed by atoms with Gasteiger partial charge in [0.2, 0.25) is 0 Å². The fourth-order valence-electron chi connectivity index (χ4n) is 8.30. The van der Waals surface area contributed by atoms with Crippen molar-refractivity contribution in [1.29, 1.82) is 0 Å². The van der Waals surface area contributed by atoms with Crippen molar-refractivity contribution in [2.45, 2.75) is 91.1 Å². The van der Waals surface area contributed by atoms with Crippen LogP contribution in [-0.4, -0.2) is 23.8 Å². The molecule has 0 bridgehead atoms. The van der Waals surface area contributed by atoms with Gasteiger partial charge in [0.15, 0.2) is 0 Å². The standard InChI is InChI=1S/C25H40O3/c1-17-6-9-23-21-8-7-19-16-20(28-18(2)27)10-13-24(19,3)22(21)11-14-25(17,23)12-4-5-15-26/h4,12,17,19-23,26H,5-11,13-16H2,1-3H3/b12-4+/t17?,19-,20+,21?,22?,23?,24-,25+/m0/s1. The lowest BCUT2D eigenvalue weighted by atomic mass is 9.44. The van der Waals surface area contributed by atoms with E-state index in [1.165, 1.54) is 44.9 Å². The summed E-state index contributed by atoms with van der Waals surface area (Å²) in [7, 11) is 0. The summed E-state index contributed by atoms with van der Waals surface area (Å²) < 4.78 is 5.61. The van der Waals surface area contributed by atoms with Crippen molar-refractivity contribution in [2.24, 2.45) is 40.4 Å². The van der Waals surface area contributed by atoms with E-state index in [1.54, 1.807) is 6.92 Å². The van der Waals surface area contributed by atoms with Crippen LogP contribution >= 0.6 is 0 Å². The van der Waals surface area contributed by atoms with Crippen molar-refractivity contribution in [3.05, 3.63) is 12.2 Å². The van der Waals surface area contributed by atoms with Gasteiger partial charge in [0.1, 0.15) is 6.10 Å². The van der Waals surface area contributed by atoms with Gasteiger partial charge in [-0.25, -0.2) is 0 Å². The van der Waals surface area contributed by atoms with E-state index in [-0.39, 0.29) is 18.7 Å². The van der Waals surface area contributed by atoms with E-state index in [1.807, 2.05) is 0 Å². The lowest BCUT2D eigenvalue weighted by Gasteiger charge is -2.61. The van der Waals surface area contributed by atoms with Crippen LogP contribution in [0.25, 0.3) is 0 Å². The van der Waals surface area contributed by atoms with Crippen LogP contribution in [0.5, 0.6) is 0 Å². The zero-order valence-corrected chi connectivity index (χ0v) is 18.2. The molecule has 0 heterocycles. The molecule has 0 aromatic rings. The Labute approximate surface area is 171 Å². The number of allylic oxidation sites excluding steroid dienone is 1. The van der Waals surface area contributed by atoms with E-state index in [0.717, 1.165) is 48.9 Å². The largest absolute Gasteiger partial charge is 0.463 e. The van der Waals surface area contributed by atoms with E-state index in [4.69, 9.17) is 4.74 Å². The maximum absolute atomic E-state index is 11.4. The molecule has 8 atom stereocenters. The Kier molecular flexibility index (Phi) is 5.68. The normalized spacial score (nSPS) is 48.0. The van der Waals surface area contributed by atoms with Crippen molar-refractivity contribution in [3.63, 3.8) is 0 Å². The summed E-state index contributed by atoms with van der Waals surface area (Å²) in [4.78, 5) is 11.4. The molecule has 0 aromatic carbocycles. The Bertz CT molecular complexity index is 613. The van der Waals surface area contributed by atoms with Crippen molar-refractivity contribution in [2.75, 3.05) is 6.61 Å². The van der Waals surface area contributed by atoms with E-state index in [9.17, 15) is 9.90 Å². The Morgan fingerprint density at radius 1 is 1.11 bits per heavy atom. The Hall–Kier alpha value is -0.830. The smallest absolute Gasteiger partial charge is 0.302 e. The molecule has 4 fully saturated rings. The molecule has 158 valence electrons. The van der Waals surface area contributed by atoms with Crippen LogP contribution in [0.3, 0.4) is 0 Å². The van der Waals surface area contributed by atoms with Gasteiger partial charge >= 0.3 is 5.97 Å². The van der Waals surface area contributed by atoms with Crippen LogP contribution in [-0.2, 0) is 9.53 Å². The number of hydrogen-bond donors (Lipinski definition) is 1. The molecule has 0 amide bonds. The molecule has 4 aliphatic rings. The molecule has 4 saturated carbocycles. The van der Waals surface area contributed by atoms with Crippen molar-refractivity contribution in [1.82, 2.24) is 0 Å². The summed E-state index contributed by atoms with van der Waals surface area (Å²) in [5.74, 6) is 3.93. The fourth-order valence-corrected chi connectivity index (χ4v) is 8.30. The van der Waals surface area contributed by atoms with Gasteiger partial charge in [-0.1, -0.05) is 26.0 Å². The number of esters is 1. The molecule has 28 heavy (non-hydrogen) atoms. The van der Waals surface area contributed by atoms with Gasteiger partial charge in [-0.3, -0.25) is 4.79 Å². The number of rotatable bonds is 4. The zero-order valence-electron chi connectivity index (χ0n) is 18.2. The van der Waals surface area contributed by atoms with Gasteiger partial charge in [0.05, 0.1) is 0 Å². The lowest BCUT2D eigenvalue weighted by molar-refractivity contribution is -0.159. The van der Waals surface area contributed by atoms with Crippen LogP contribution in [0, 0.1) is 40.4 Å². The molecular weight excluding hydrogens is 348 g/mol. The first-order valence-electron chi connectivity index (χ1n) is 11.9. The number of carbonyl (C=O) groups excluding carboxylic acids is 1. The third kappa shape index (κ3) is 3.26. The van der Waals surface area contributed by atoms with E-state index in [0.29, 0.717) is 10.8 Å². The van der Waals surface area contributed by atoms with Gasteiger partial charge in [-0.15, -0.1) is 0 Å². The van der Waals surface area contributed by atoms with Crippen molar-refractivity contribution < 1.29 is 14.6 Å². The van der Waals surface area contributed by atoms with Crippen molar-refractivity contribution >= 4 is 5.97 Å². The minimum Gasteiger partial charge on any atom is -0.463 e. The molecular formula is C25H40O3. The molecule has 1 N–H and O–H groups in total. The van der Waals surface area contributed by atoms with Crippen LogP contribution in [0.1, 0.15) is 85.0 Å². The maximum Gasteiger partial charge on any atom is 0.302 e. The summed E-state index contributed by atoms with van der Waals surface area (Å²) >= 11 is 0. The number of ether oxygens (including phenoxy) is 1. The van der Waals surface area contributed by atoms with Gasteiger partial charge in [0, 0.05) is 13.5 Å². The van der Waals surface area contributed by atoms with Crippen LogP contribution in [0.4, 0.5) is 0 Å². The molecule has 0 saturated heterocycles. The molecule has 0 radical (unpaired) electrons. The molecule has 0 aliphatic heterocycles. The number of aliphatic hydroxyl groups is 1. The third-order valence-corrected chi connectivity index (χ3v) is 9.68. The monoisotopic (exact) mass is 388 g/mol. The van der Waals surface area contributed by atoms with Crippen molar-refractivity contribution in [3.8, 4) is 0 Å². The predicted octanol–water partition coefficient (Wildman–Crippen LogP) is 5.52. The third-order valence-electron chi connectivity index (χ3n) is 9.68. The molecule has 4 aliphatic carbocycles. The summed E-state index contributed by atoms with van der Waals surface area (Å²) in [5, 5.41) is 9.24. The number of hydrogen-bond acceptors (Lipinski definition) is 3. The zero-order chi connectivity index (χ0) is 19.9. The molecule has 4 unspecified atom stereocenters. The van der Waals surface area contributed by atoms with Crippen LogP contribution in [0.2, 0.25) is 0 Å². The highest BCUT2D eigenvalue weighted by Gasteiger charge is 2.60. The Balaban J connectivity index is 1.54. The minimum atomic E-state index is -0.112. The number of aliphatic hydroxyl groups excluding tert-OH is 1. The molecule has 3 heteroatoms. The highest BCUT2D eigenvalue weighted by atomic mass is 16.5. The second-order valence-corrected chi connectivity index (χ2v) is 10.7. The first-order chi connectivity index (χ1) is 13.4. The molecule has 3 nitrogen and oxygen atoms in total. The van der Waals surface area contributed by atoms with Crippen LogP contribution < -0.4 is 0 Å². The molecule has 0 aromatic heterocycles. The summed E-state index contributed by atoms with van der Waals surface area (Å²) in [6.07, 6.45) is 17.3. The lowest BCUT2D eigenvalue weighted by Crippen LogP contribution is -2.54. The van der Waals surface area contributed by atoms with Gasteiger partial charge in [-0.2, -0.15) is 0 Å². The van der Waals surface area contributed by atoms with E-state index >= 15 is 0 Å². The van der Waals surface area contributed by atoms with E-state index < -0.39 is 0 Å². The highest BCUT2D eigenvalue weighted by molar-refractivity contribution is 5.66. The second kappa shape index (κ2) is 7.78. The second-order valence-electron chi connectivity index (χ2n) is 10.7. The summed E-state index contributed by atoms with van der Waals surface area (Å²) in [6, 6.07) is 0. The van der Waals surface area contributed by atoms with Gasteiger partial charge in [0.25, 0.3) is 0 Å². The van der Waals surface area contributed by atoms with E-state index in [2.05, 4.69) is 26.0 Å². The molecule has 0 spiro atoms. The highest BCUT2D eigenvalue weighted by Crippen LogP contribution is 2.68. The topological polar surface area (TPSA) is 46.5 Å². The predicted molar refractivity (Wildman–Crippen MR) is 112 cm³/mol. The number of fused-ring (bicyclic) bond motifs is 5. The van der Waals surface area contributed by atoms with Gasteiger partial charge < -0.3 is 9.84 Å². The van der Waals surface area contributed by atoms with Gasteiger partial charge in [-0.05, 0) is 105 Å². The summed E-state index contributed by atoms with van der Waals surface area (Å²) in [5.41, 5.74) is 0.820. The average molecular weight is 389 g/mol. The van der Waals surface area contributed by atoms with Crippen LogP contribution in [0.15, 0.2) is 12.2 Å². The first kappa shape index (κ1) is 20.4. The number of carbonyl (C=O) groups is 1. The summed E-state index contributed by atoms with van der Waals surface area (Å²) in [6.45, 7) is 6.87. The molecule has 4 rings (SSSR count). The fraction of sp³-hybridized carbons (Fsp3) is 0.880. The maximum atomic E-state index is 11.4. The minimum absolute atomic E-state index is 0.112. The Morgan fingerprint density at radius 3 is 2.68 bits per heavy atom. The average Bonchev–Trinajstić information content (AvgIpc) is 2.99. The Morgan fingerprint density at radius 2 is 1.93 bits per heavy atom.